The monoisotopic (exact) mass is 229 g/mol. The van der Waals surface area contributed by atoms with Crippen molar-refractivity contribution in [1.29, 1.82) is 0 Å². The van der Waals surface area contributed by atoms with E-state index in [1.165, 1.54) is 18.2 Å². The molecule has 1 nitrogen and oxygen atoms in total. The number of alkyl halides is 3. The number of benzene rings is 1. The van der Waals surface area contributed by atoms with Gasteiger partial charge in [0.2, 0.25) is 0 Å². The van der Waals surface area contributed by atoms with Crippen LogP contribution in [-0.4, -0.2) is 6.54 Å². The second-order valence-electron chi connectivity index (χ2n) is 3.36. The first kappa shape index (κ1) is 12.8. The standard InChI is InChI=1S/C12H14F3N/c1-3-11(16-4-2)9-7-5-6-8-10(9)12(13,14)15/h3,5-8,11,16H,1,4H2,2H3. The van der Waals surface area contributed by atoms with Crippen LogP contribution < -0.4 is 5.32 Å². The van der Waals surface area contributed by atoms with Crippen molar-refractivity contribution in [2.75, 3.05) is 6.54 Å². The highest BCUT2D eigenvalue weighted by atomic mass is 19.4. The van der Waals surface area contributed by atoms with Gasteiger partial charge >= 0.3 is 6.18 Å². The van der Waals surface area contributed by atoms with Gasteiger partial charge < -0.3 is 5.32 Å². The predicted molar refractivity (Wildman–Crippen MR) is 58.1 cm³/mol. The molecule has 0 radical (unpaired) electrons. The molecule has 1 unspecified atom stereocenters. The van der Waals surface area contributed by atoms with Crippen molar-refractivity contribution in [1.82, 2.24) is 5.32 Å². The summed E-state index contributed by atoms with van der Waals surface area (Å²) < 4.78 is 38.2. The molecule has 0 saturated carbocycles. The normalized spacial score (nSPS) is 13.5. The van der Waals surface area contributed by atoms with Crippen molar-refractivity contribution < 1.29 is 13.2 Å². The molecule has 0 aromatic heterocycles. The molecular formula is C12H14F3N. The van der Waals surface area contributed by atoms with Crippen LogP contribution in [0.3, 0.4) is 0 Å². The molecule has 0 saturated heterocycles. The van der Waals surface area contributed by atoms with E-state index in [1.807, 2.05) is 6.92 Å². The lowest BCUT2D eigenvalue weighted by Crippen LogP contribution is -2.22. The SMILES string of the molecule is C=CC(NCC)c1ccccc1C(F)(F)F. The van der Waals surface area contributed by atoms with Crippen LogP contribution in [0.15, 0.2) is 36.9 Å². The van der Waals surface area contributed by atoms with Gasteiger partial charge in [0.05, 0.1) is 11.6 Å². The van der Waals surface area contributed by atoms with Gasteiger partial charge in [-0.05, 0) is 18.2 Å². The molecule has 1 atom stereocenters. The summed E-state index contributed by atoms with van der Waals surface area (Å²) in [6, 6.07) is 5.07. The summed E-state index contributed by atoms with van der Waals surface area (Å²) >= 11 is 0. The number of hydrogen-bond acceptors (Lipinski definition) is 1. The van der Waals surface area contributed by atoms with Gasteiger partial charge in [0, 0.05) is 0 Å². The quantitative estimate of drug-likeness (QED) is 0.778. The lowest BCUT2D eigenvalue weighted by atomic mass is 10.00. The summed E-state index contributed by atoms with van der Waals surface area (Å²) in [4.78, 5) is 0. The highest BCUT2D eigenvalue weighted by Crippen LogP contribution is 2.34. The molecule has 4 heteroatoms. The third kappa shape index (κ3) is 2.85. The van der Waals surface area contributed by atoms with Crippen LogP contribution in [0.25, 0.3) is 0 Å². The zero-order valence-corrected chi connectivity index (χ0v) is 9.01. The first-order valence-corrected chi connectivity index (χ1v) is 5.02. The van der Waals surface area contributed by atoms with Gasteiger partial charge in [0.15, 0.2) is 0 Å². The number of likely N-dealkylation sites (N-methyl/N-ethyl adjacent to an activating group) is 1. The summed E-state index contributed by atoms with van der Waals surface area (Å²) in [5.41, 5.74) is -0.396. The summed E-state index contributed by atoms with van der Waals surface area (Å²) in [5.74, 6) is 0. The van der Waals surface area contributed by atoms with E-state index < -0.39 is 17.8 Å². The largest absolute Gasteiger partial charge is 0.416 e. The Morgan fingerprint density at radius 3 is 2.50 bits per heavy atom. The molecule has 0 amide bonds. The zero-order valence-electron chi connectivity index (χ0n) is 9.01. The summed E-state index contributed by atoms with van der Waals surface area (Å²) in [5, 5.41) is 2.94. The third-order valence-electron chi connectivity index (χ3n) is 2.26. The van der Waals surface area contributed by atoms with E-state index in [0.717, 1.165) is 6.07 Å². The first-order valence-electron chi connectivity index (χ1n) is 5.02. The maximum absolute atomic E-state index is 12.7. The number of nitrogens with one attached hydrogen (secondary N) is 1. The van der Waals surface area contributed by atoms with Crippen LogP contribution in [0.4, 0.5) is 13.2 Å². The summed E-state index contributed by atoms with van der Waals surface area (Å²) in [6.07, 6.45) is -2.85. The fourth-order valence-electron chi connectivity index (χ4n) is 1.57. The van der Waals surface area contributed by atoms with Crippen LogP contribution in [0.1, 0.15) is 24.1 Å². The van der Waals surface area contributed by atoms with Crippen LogP contribution in [0.2, 0.25) is 0 Å². The lowest BCUT2D eigenvalue weighted by molar-refractivity contribution is -0.138. The molecule has 0 fully saturated rings. The topological polar surface area (TPSA) is 12.0 Å². The Labute approximate surface area is 93.0 Å². The molecule has 0 heterocycles. The Hall–Kier alpha value is -1.29. The van der Waals surface area contributed by atoms with Crippen molar-refractivity contribution in [2.24, 2.45) is 0 Å². The highest BCUT2D eigenvalue weighted by molar-refractivity contribution is 5.34. The van der Waals surface area contributed by atoms with Crippen LogP contribution >= 0.6 is 0 Å². The van der Waals surface area contributed by atoms with Crippen molar-refractivity contribution >= 4 is 0 Å². The van der Waals surface area contributed by atoms with E-state index in [4.69, 9.17) is 0 Å². The molecule has 16 heavy (non-hydrogen) atoms. The van der Waals surface area contributed by atoms with Gasteiger partial charge in [-0.1, -0.05) is 31.2 Å². The van der Waals surface area contributed by atoms with E-state index >= 15 is 0 Å². The number of halogens is 3. The van der Waals surface area contributed by atoms with Crippen molar-refractivity contribution in [2.45, 2.75) is 19.1 Å². The Bertz CT molecular complexity index is 358. The van der Waals surface area contributed by atoms with Gasteiger partial charge in [0.1, 0.15) is 0 Å². The number of hydrogen-bond donors (Lipinski definition) is 1. The van der Waals surface area contributed by atoms with Crippen LogP contribution in [0.5, 0.6) is 0 Å². The van der Waals surface area contributed by atoms with Crippen molar-refractivity contribution in [3.05, 3.63) is 48.0 Å². The summed E-state index contributed by atoms with van der Waals surface area (Å²) in [6.45, 7) is 5.98. The zero-order chi connectivity index (χ0) is 12.2. The molecule has 1 N–H and O–H groups in total. The molecule has 88 valence electrons. The molecule has 1 aromatic rings. The van der Waals surface area contributed by atoms with E-state index in [2.05, 4.69) is 11.9 Å². The minimum Gasteiger partial charge on any atom is -0.307 e. The molecule has 0 aliphatic rings. The molecule has 0 spiro atoms. The molecule has 0 aliphatic heterocycles. The lowest BCUT2D eigenvalue weighted by Gasteiger charge is -2.19. The van der Waals surface area contributed by atoms with Gasteiger partial charge in [-0.2, -0.15) is 13.2 Å². The van der Waals surface area contributed by atoms with E-state index in [0.29, 0.717) is 6.54 Å². The Morgan fingerprint density at radius 2 is 2.00 bits per heavy atom. The Balaban J connectivity index is 3.16. The second kappa shape index (κ2) is 5.16. The van der Waals surface area contributed by atoms with Crippen LogP contribution in [-0.2, 0) is 6.18 Å². The average Bonchev–Trinajstić information content (AvgIpc) is 2.25. The van der Waals surface area contributed by atoms with Gasteiger partial charge in [-0.3, -0.25) is 0 Å². The fraction of sp³-hybridized carbons (Fsp3) is 0.333. The molecular weight excluding hydrogens is 215 g/mol. The van der Waals surface area contributed by atoms with E-state index in [9.17, 15) is 13.2 Å². The molecule has 0 aliphatic carbocycles. The Morgan fingerprint density at radius 1 is 1.38 bits per heavy atom. The van der Waals surface area contributed by atoms with Crippen molar-refractivity contribution in [3.63, 3.8) is 0 Å². The minimum atomic E-state index is -4.33. The average molecular weight is 229 g/mol. The Kier molecular flexibility index (Phi) is 4.12. The highest BCUT2D eigenvalue weighted by Gasteiger charge is 2.34. The molecule has 1 rings (SSSR count). The van der Waals surface area contributed by atoms with E-state index in [-0.39, 0.29) is 5.56 Å². The minimum absolute atomic E-state index is 0.215. The van der Waals surface area contributed by atoms with Crippen LogP contribution in [0, 0.1) is 0 Å². The molecule has 1 aromatic carbocycles. The third-order valence-corrected chi connectivity index (χ3v) is 2.26. The van der Waals surface area contributed by atoms with Gasteiger partial charge in [0.25, 0.3) is 0 Å². The molecule has 0 bridgehead atoms. The van der Waals surface area contributed by atoms with E-state index in [1.54, 1.807) is 6.07 Å². The van der Waals surface area contributed by atoms with Crippen molar-refractivity contribution in [3.8, 4) is 0 Å². The van der Waals surface area contributed by atoms with Gasteiger partial charge in [-0.15, -0.1) is 6.58 Å². The maximum atomic E-state index is 12.7. The first-order chi connectivity index (χ1) is 7.50. The van der Waals surface area contributed by atoms with Gasteiger partial charge in [-0.25, -0.2) is 0 Å². The second-order valence-corrected chi connectivity index (χ2v) is 3.36. The smallest absolute Gasteiger partial charge is 0.307 e. The number of rotatable bonds is 4. The maximum Gasteiger partial charge on any atom is 0.416 e. The fourth-order valence-corrected chi connectivity index (χ4v) is 1.57. The summed E-state index contributed by atoms with van der Waals surface area (Å²) in [7, 11) is 0. The predicted octanol–water partition coefficient (Wildman–Crippen LogP) is 3.54.